The Morgan fingerprint density at radius 2 is 1.76 bits per heavy atom. The summed E-state index contributed by atoms with van der Waals surface area (Å²) >= 11 is 0. The van der Waals surface area contributed by atoms with Gasteiger partial charge in [-0.05, 0) is 38.1 Å². The van der Waals surface area contributed by atoms with E-state index in [0.717, 1.165) is 12.0 Å². The molecule has 0 saturated carbocycles. The fourth-order valence-corrected chi connectivity index (χ4v) is 2.31. The topological polar surface area (TPSA) is 21.3 Å². The van der Waals surface area contributed by atoms with E-state index in [2.05, 4.69) is 12.2 Å². The minimum absolute atomic E-state index is 0.150. The summed E-state index contributed by atoms with van der Waals surface area (Å²) in [5.74, 6) is 0.102. The minimum Gasteiger partial charge on any atom is -0.491 e. The molecular formula is C18H30FNO. The van der Waals surface area contributed by atoms with Gasteiger partial charge in [0, 0.05) is 6.04 Å². The number of hydrogen-bond donors (Lipinski definition) is 1. The van der Waals surface area contributed by atoms with Crippen LogP contribution in [0.2, 0.25) is 0 Å². The van der Waals surface area contributed by atoms with E-state index in [1.165, 1.54) is 38.5 Å². The molecule has 0 aliphatic carbocycles. The molecule has 0 radical (unpaired) electrons. The van der Waals surface area contributed by atoms with Gasteiger partial charge in [-0.3, -0.25) is 0 Å². The van der Waals surface area contributed by atoms with E-state index < -0.39 is 0 Å². The van der Waals surface area contributed by atoms with Gasteiger partial charge in [0.1, 0.15) is 0 Å². The highest BCUT2D eigenvalue weighted by Crippen LogP contribution is 2.22. The summed E-state index contributed by atoms with van der Waals surface area (Å²) in [6.45, 7) is 4.84. The lowest BCUT2D eigenvalue weighted by molar-refractivity contribution is 0.289. The van der Waals surface area contributed by atoms with Crippen molar-refractivity contribution in [1.29, 1.82) is 0 Å². The molecule has 0 amide bonds. The lowest BCUT2D eigenvalue weighted by Gasteiger charge is -2.13. The number of halogens is 1. The predicted molar refractivity (Wildman–Crippen MR) is 87.4 cm³/mol. The molecule has 1 rings (SSSR count). The monoisotopic (exact) mass is 295 g/mol. The zero-order valence-electron chi connectivity index (χ0n) is 13.8. The molecule has 0 aromatic heterocycles. The Balaban J connectivity index is 2.23. The molecule has 0 saturated heterocycles. The van der Waals surface area contributed by atoms with Crippen LogP contribution < -0.4 is 10.1 Å². The van der Waals surface area contributed by atoms with Crippen molar-refractivity contribution in [2.45, 2.75) is 64.8 Å². The van der Waals surface area contributed by atoms with Crippen LogP contribution in [0, 0.1) is 5.82 Å². The summed E-state index contributed by atoms with van der Waals surface area (Å²) in [7, 11) is 1.87. The number of nitrogens with one attached hydrogen (secondary N) is 1. The standard InChI is InChI=1S/C18H30FNO/c1-4-5-6-7-8-9-10-13-21-18-12-11-16(14-17(18)19)15(2)20-3/h11-12,14-15,20H,4-10,13H2,1-3H3. The number of hydrogen-bond acceptors (Lipinski definition) is 2. The Labute approximate surface area is 129 Å². The van der Waals surface area contributed by atoms with Gasteiger partial charge in [0.15, 0.2) is 11.6 Å². The van der Waals surface area contributed by atoms with Crippen molar-refractivity contribution in [3.63, 3.8) is 0 Å². The highest BCUT2D eigenvalue weighted by molar-refractivity contribution is 5.30. The minimum atomic E-state index is -0.266. The molecule has 2 nitrogen and oxygen atoms in total. The van der Waals surface area contributed by atoms with Crippen LogP contribution in [0.5, 0.6) is 5.75 Å². The zero-order valence-corrected chi connectivity index (χ0v) is 13.8. The van der Waals surface area contributed by atoms with Crippen LogP contribution in [0.15, 0.2) is 18.2 Å². The van der Waals surface area contributed by atoms with Crippen molar-refractivity contribution in [3.8, 4) is 5.75 Å². The van der Waals surface area contributed by atoms with Gasteiger partial charge in [-0.25, -0.2) is 4.39 Å². The molecule has 0 heterocycles. The second-order valence-electron chi connectivity index (χ2n) is 5.67. The molecule has 3 heteroatoms. The van der Waals surface area contributed by atoms with Crippen molar-refractivity contribution >= 4 is 0 Å². The zero-order chi connectivity index (χ0) is 15.5. The Hall–Kier alpha value is -1.09. The van der Waals surface area contributed by atoms with Gasteiger partial charge < -0.3 is 10.1 Å². The number of rotatable bonds is 11. The molecule has 0 aliphatic rings. The Morgan fingerprint density at radius 1 is 1.10 bits per heavy atom. The van der Waals surface area contributed by atoms with E-state index in [-0.39, 0.29) is 11.9 Å². The van der Waals surface area contributed by atoms with E-state index in [1.807, 2.05) is 20.0 Å². The van der Waals surface area contributed by atoms with E-state index in [9.17, 15) is 4.39 Å². The third-order valence-electron chi connectivity index (χ3n) is 3.89. The van der Waals surface area contributed by atoms with Crippen LogP contribution in [-0.4, -0.2) is 13.7 Å². The summed E-state index contributed by atoms with van der Waals surface area (Å²) < 4.78 is 19.4. The van der Waals surface area contributed by atoms with Gasteiger partial charge in [-0.15, -0.1) is 0 Å². The molecule has 21 heavy (non-hydrogen) atoms. The molecule has 1 atom stereocenters. The van der Waals surface area contributed by atoms with Crippen LogP contribution in [-0.2, 0) is 0 Å². The average molecular weight is 295 g/mol. The van der Waals surface area contributed by atoms with E-state index in [0.29, 0.717) is 12.4 Å². The molecule has 0 bridgehead atoms. The summed E-state index contributed by atoms with van der Waals surface area (Å²) in [5.41, 5.74) is 0.943. The highest BCUT2D eigenvalue weighted by atomic mass is 19.1. The van der Waals surface area contributed by atoms with Crippen molar-refractivity contribution < 1.29 is 9.13 Å². The average Bonchev–Trinajstić information content (AvgIpc) is 2.50. The molecule has 1 N–H and O–H groups in total. The van der Waals surface area contributed by atoms with Crippen molar-refractivity contribution in [1.82, 2.24) is 5.32 Å². The molecule has 1 unspecified atom stereocenters. The largest absolute Gasteiger partial charge is 0.491 e. The number of unbranched alkanes of at least 4 members (excludes halogenated alkanes) is 6. The fourth-order valence-electron chi connectivity index (χ4n) is 2.31. The van der Waals surface area contributed by atoms with Gasteiger partial charge in [-0.1, -0.05) is 51.5 Å². The van der Waals surface area contributed by atoms with E-state index in [4.69, 9.17) is 4.74 Å². The third-order valence-corrected chi connectivity index (χ3v) is 3.89. The first-order valence-electron chi connectivity index (χ1n) is 8.28. The lowest BCUT2D eigenvalue weighted by Crippen LogP contribution is -2.12. The van der Waals surface area contributed by atoms with Gasteiger partial charge >= 0.3 is 0 Å². The Morgan fingerprint density at radius 3 is 2.38 bits per heavy atom. The maximum atomic E-state index is 13.9. The lowest BCUT2D eigenvalue weighted by atomic mass is 10.1. The quantitative estimate of drug-likeness (QED) is 0.564. The summed E-state index contributed by atoms with van der Waals surface area (Å²) in [6.07, 6.45) is 8.67. The van der Waals surface area contributed by atoms with E-state index in [1.54, 1.807) is 12.1 Å². The first-order valence-corrected chi connectivity index (χ1v) is 8.28. The van der Waals surface area contributed by atoms with Crippen molar-refractivity contribution in [3.05, 3.63) is 29.6 Å². The fraction of sp³-hybridized carbons (Fsp3) is 0.667. The second kappa shape index (κ2) is 10.6. The maximum Gasteiger partial charge on any atom is 0.165 e. The van der Waals surface area contributed by atoms with Crippen LogP contribution in [0.1, 0.15) is 70.4 Å². The molecule has 0 fully saturated rings. The number of benzene rings is 1. The smallest absolute Gasteiger partial charge is 0.165 e. The summed E-state index contributed by atoms with van der Waals surface area (Å²) in [4.78, 5) is 0. The van der Waals surface area contributed by atoms with Gasteiger partial charge in [-0.2, -0.15) is 0 Å². The maximum absolute atomic E-state index is 13.9. The molecule has 0 spiro atoms. The molecule has 1 aromatic rings. The van der Waals surface area contributed by atoms with E-state index >= 15 is 0 Å². The Kier molecular flexibility index (Phi) is 9.07. The highest BCUT2D eigenvalue weighted by Gasteiger charge is 2.08. The Bertz CT molecular complexity index is 395. The van der Waals surface area contributed by atoms with Gasteiger partial charge in [0.2, 0.25) is 0 Å². The van der Waals surface area contributed by atoms with Gasteiger partial charge in [0.05, 0.1) is 6.61 Å². The SMILES string of the molecule is CCCCCCCCCOc1ccc(C(C)NC)cc1F. The molecule has 120 valence electrons. The molecule has 0 aliphatic heterocycles. The van der Waals surface area contributed by atoms with Crippen LogP contribution in [0.25, 0.3) is 0 Å². The number of ether oxygens (including phenoxy) is 1. The summed E-state index contributed by atoms with van der Waals surface area (Å²) in [6, 6.07) is 5.36. The van der Waals surface area contributed by atoms with Crippen molar-refractivity contribution in [2.24, 2.45) is 0 Å². The first-order chi connectivity index (χ1) is 10.2. The van der Waals surface area contributed by atoms with Gasteiger partial charge in [0.25, 0.3) is 0 Å². The summed E-state index contributed by atoms with van der Waals surface area (Å²) in [5, 5.41) is 3.10. The molecule has 1 aromatic carbocycles. The normalized spacial score (nSPS) is 12.4. The van der Waals surface area contributed by atoms with Crippen LogP contribution >= 0.6 is 0 Å². The van der Waals surface area contributed by atoms with Crippen LogP contribution in [0.3, 0.4) is 0 Å². The van der Waals surface area contributed by atoms with Crippen LogP contribution in [0.4, 0.5) is 4.39 Å². The predicted octanol–water partition coefficient (Wildman–Crippen LogP) is 5.24. The van der Waals surface area contributed by atoms with Crippen molar-refractivity contribution in [2.75, 3.05) is 13.7 Å². The third kappa shape index (κ3) is 6.94. The molecular weight excluding hydrogens is 265 g/mol. The first kappa shape index (κ1) is 18.0. The second-order valence-corrected chi connectivity index (χ2v) is 5.67.